The van der Waals surface area contributed by atoms with Crippen LogP contribution in [0.5, 0.6) is 0 Å². The first-order valence-corrected chi connectivity index (χ1v) is 8.57. The molecule has 136 valence electrons. The van der Waals surface area contributed by atoms with E-state index >= 15 is 0 Å². The lowest BCUT2D eigenvalue weighted by atomic mass is 10.2. The van der Waals surface area contributed by atoms with Crippen LogP contribution in [0, 0.1) is 12.7 Å². The van der Waals surface area contributed by atoms with Crippen molar-refractivity contribution >= 4 is 21.8 Å². The average molecular weight is 385 g/mol. The van der Waals surface area contributed by atoms with Crippen LogP contribution in [0.4, 0.5) is 17.6 Å². The number of fused-ring (bicyclic) bond motifs is 1. The molecule has 2 heterocycles. The number of pyridine rings is 1. The topological polar surface area (TPSA) is 64.8 Å². The Balaban J connectivity index is 2.17. The van der Waals surface area contributed by atoms with Crippen molar-refractivity contribution in [1.82, 2.24) is 14.5 Å². The zero-order valence-corrected chi connectivity index (χ0v) is 14.1. The zero-order chi connectivity index (χ0) is 19.1. The predicted molar refractivity (Wildman–Crippen MR) is 87.2 cm³/mol. The molecule has 3 aromatic rings. The number of aromatic nitrogens is 3. The van der Waals surface area contributed by atoms with Gasteiger partial charge in [0.05, 0.1) is 21.9 Å². The van der Waals surface area contributed by atoms with Crippen molar-refractivity contribution < 1.29 is 21.8 Å². The number of alkyl halides is 3. The molecule has 5 nitrogen and oxygen atoms in total. The van der Waals surface area contributed by atoms with Gasteiger partial charge in [-0.05, 0) is 36.8 Å². The molecule has 0 aliphatic rings. The molecule has 10 heteroatoms. The van der Waals surface area contributed by atoms with Gasteiger partial charge in [-0.15, -0.1) is 0 Å². The minimum atomic E-state index is -4.64. The Kier molecular flexibility index (Phi) is 4.61. The molecule has 0 spiro atoms. The minimum absolute atomic E-state index is 0.0947. The van der Waals surface area contributed by atoms with Crippen LogP contribution in [0.3, 0.4) is 0 Å². The van der Waals surface area contributed by atoms with Gasteiger partial charge in [0.2, 0.25) is 0 Å². The number of hydrogen-bond donors (Lipinski definition) is 0. The summed E-state index contributed by atoms with van der Waals surface area (Å²) in [7, 11) is -2.43. The fourth-order valence-electron chi connectivity index (χ4n) is 2.43. The molecule has 0 radical (unpaired) electrons. The van der Waals surface area contributed by atoms with Crippen molar-refractivity contribution in [2.45, 2.75) is 18.0 Å². The molecule has 2 aromatic heterocycles. The molecular weight excluding hydrogens is 374 g/mol. The van der Waals surface area contributed by atoms with Crippen LogP contribution in [0.1, 0.15) is 5.56 Å². The third-order valence-corrected chi connectivity index (χ3v) is 5.10. The number of halogens is 4. The highest BCUT2D eigenvalue weighted by molar-refractivity contribution is 7.85. The molecule has 3 rings (SSSR count). The molecule has 0 bridgehead atoms. The number of aryl methyl sites for hydroxylation is 1. The number of hydrogen-bond acceptors (Lipinski definition) is 4. The third kappa shape index (κ3) is 3.50. The third-order valence-electron chi connectivity index (χ3n) is 3.58. The van der Waals surface area contributed by atoms with Crippen LogP contribution < -0.4 is 5.56 Å². The molecule has 1 unspecified atom stereocenters. The van der Waals surface area contributed by atoms with Crippen molar-refractivity contribution in [3.8, 4) is 5.69 Å². The van der Waals surface area contributed by atoms with Gasteiger partial charge in [0.15, 0.2) is 5.65 Å². The molecule has 0 amide bonds. The highest BCUT2D eigenvalue weighted by atomic mass is 32.2. The van der Waals surface area contributed by atoms with E-state index in [1.54, 1.807) is 0 Å². The first kappa shape index (κ1) is 18.2. The Morgan fingerprint density at radius 2 is 1.96 bits per heavy atom. The highest BCUT2D eigenvalue weighted by Crippen LogP contribution is 2.25. The fraction of sp³-hybridized carbons (Fsp3) is 0.188. The average Bonchev–Trinajstić information content (AvgIpc) is 2.54. The van der Waals surface area contributed by atoms with E-state index in [0.29, 0.717) is 0 Å². The number of rotatable bonds is 3. The summed E-state index contributed by atoms with van der Waals surface area (Å²) in [5.74, 6) is -2.41. The van der Waals surface area contributed by atoms with Gasteiger partial charge in [0.25, 0.3) is 5.56 Å². The van der Waals surface area contributed by atoms with Crippen LogP contribution in [0.2, 0.25) is 0 Å². The fourth-order valence-corrected chi connectivity index (χ4v) is 3.55. The molecule has 0 aliphatic heterocycles. The lowest BCUT2D eigenvalue weighted by Gasteiger charge is -2.13. The lowest BCUT2D eigenvalue weighted by Crippen LogP contribution is -2.22. The van der Waals surface area contributed by atoms with Crippen molar-refractivity contribution in [2.24, 2.45) is 0 Å². The van der Waals surface area contributed by atoms with Crippen LogP contribution in [-0.4, -0.2) is 30.7 Å². The van der Waals surface area contributed by atoms with Gasteiger partial charge in [-0.25, -0.2) is 14.4 Å². The lowest BCUT2D eigenvalue weighted by molar-refractivity contribution is -0.105. The Morgan fingerprint density at radius 3 is 2.65 bits per heavy atom. The number of nitrogens with zero attached hydrogens (tertiary/aromatic N) is 3. The van der Waals surface area contributed by atoms with Gasteiger partial charge in [-0.3, -0.25) is 13.6 Å². The van der Waals surface area contributed by atoms with Crippen LogP contribution in [-0.2, 0) is 10.8 Å². The van der Waals surface area contributed by atoms with E-state index in [-0.39, 0.29) is 27.2 Å². The van der Waals surface area contributed by atoms with E-state index in [1.165, 1.54) is 25.3 Å². The molecular formula is C16H11F4N3O2S. The minimum Gasteiger partial charge on any atom is -0.268 e. The summed E-state index contributed by atoms with van der Waals surface area (Å²) in [5, 5.41) is 0.118. The summed E-state index contributed by atoms with van der Waals surface area (Å²) < 4.78 is 64.8. The summed E-state index contributed by atoms with van der Waals surface area (Å²) in [6.07, 6.45) is -2.18. The van der Waals surface area contributed by atoms with Crippen molar-refractivity contribution in [1.29, 1.82) is 0 Å². The van der Waals surface area contributed by atoms with Gasteiger partial charge in [0, 0.05) is 11.1 Å². The Bertz CT molecular complexity index is 1080. The molecule has 1 aromatic carbocycles. The summed E-state index contributed by atoms with van der Waals surface area (Å²) in [6.45, 7) is 1.35. The quantitative estimate of drug-likeness (QED) is 0.651. The standard InChI is InChI=1S/C16H11F4N3O2S/c1-9-5-11(17)12(6-13(9)26(25)7-16(18,19)20)23-8-22-14-10(15(23)24)3-2-4-21-14/h2-6,8H,7H2,1H3. The normalized spacial score (nSPS) is 13.1. The summed E-state index contributed by atoms with van der Waals surface area (Å²) in [5.41, 5.74) is -0.720. The van der Waals surface area contributed by atoms with E-state index in [4.69, 9.17) is 0 Å². The second-order valence-corrected chi connectivity index (χ2v) is 6.89. The highest BCUT2D eigenvalue weighted by Gasteiger charge is 2.32. The molecule has 0 saturated carbocycles. The van der Waals surface area contributed by atoms with E-state index in [1.807, 2.05) is 0 Å². The van der Waals surface area contributed by atoms with Gasteiger partial charge in [0.1, 0.15) is 17.9 Å². The van der Waals surface area contributed by atoms with Crippen molar-refractivity contribution in [3.05, 3.63) is 58.5 Å². The van der Waals surface area contributed by atoms with Gasteiger partial charge in [-0.2, -0.15) is 13.2 Å². The van der Waals surface area contributed by atoms with E-state index < -0.39 is 34.1 Å². The Labute approximate surface area is 146 Å². The molecule has 26 heavy (non-hydrogen) atoms. The van der Waals surface area contributed by atoms with E-state index in [0.717, 1.165) is 23.0 Å². The van der Waals surface area contributed by atoms with E-state index in [9.17, 15) is 26.6 Å². The number of benzene rings is 1. The predicted octanol–water partition coefficient (Wildman–Crippen LogP) is 2.90. The summed E-state index contributed by atoms with van der Waals surface area (Å²) >= 11 is 0. The van der Waals surface area contributed by atoms with Gasteiger partial charge in [-0.1, -0.05) is 0 Å². The molecule has 0 N–H and O–H groups in total. The monoisotopic (exact) mass is 385 g/mol. The zero-order valence-electron chi connectivity index (χ0n) is 13.2. The maximum atomic E-state index is 14.4. The second kappa shape index (κ2) is 6.60. The van der Waals surface area contributed by atoms with Gasteiger partial charge >= 0.3 is 6.18 Å². The van der Waals surface area contributed by atoms with Crippen molar-refractivity contribution in [2.75, 3.05) is 5.75 Å². The Hall–Kier alpha value is -2.62. The first-order chi connectivity index (χ1) is 12.2. The van der Waals surface area contributed by atoms with Gasteiger partial charge < -0.3 is 0 Å². The van der Waals surface area contributed by atoms with Crippen molar-refractivity contribution in [3.63, 3.8) is 0 Å². The van der Waals surface area contributed by atoms with Crippen LogP contribution in [0.25, 0.3) is 16.7 Å². The smallest absolute Gasteiger partial charge is 0.268 e. The van der Waals surface area contributed by atoms with E-state index in [2.05, 4.69) is 9.97 Å². The molecule has 0 aliphatic carbocycles. The maximum absolute atomic E-state index is 14.4. The van der Waals surface area contributed by atoms with Crippen LogP contribution in [0.15, 0.2) is 46.5 Å². The van der Waals surface area contributed by atoms with Crippen LogP contribution >= 0.6 is 0 Å². The SMILES string of the molecule is Cc1cc(F)c(-n2cnc3ncccc3c2=O)cc1S(=O)CC(F)(F)F. The largest absolute Gasteiger partial charge is 0.400 e. The molecule has 1 atom stereocenters. The Morgan fingerprint density at radius 1 is 1.23 bits per heavy atom. The molecule has 0 saturated heterocycles. The molecule has 0 fully saturated rings. The summed E-state index contributed by atoms with van der Waals surface area (Å²) in [4.78, 5) is 20.2. The maximum Gasteiger partial charge on any atom is 0.400 e. The first-order valence-electron chi connectivity index (χ1n) is 7.25. The second-order valence-electron chi connectivity index (χ2n) is 5.47. The summed E-state index contributed by atoms with van der Waals surface area (Å²) in [6, 6.07) is 4.88.